The van der Waals surface area contributed by atoms with E-state index >= 15 is 0 Å². The molecule has 0 aliphatic carbocycles. The summed E-state index contributed by atoms with van der Waals surface area (Å²) in [5, 5.41) is 26.6. The summed E-state index contributed by atoms with van der Waals surface area (Å²) in [5.74, 6) is 0. The molecule has 3 nitrogen and oxygen atoms in total. The second-order valence-corrected chi connectivity index (χ2v) is 2.73. The first-order valence-corrected chi connectivity index (χ1v) is 3.58. The SMILES string of the molecule is CC(O)CCC(O)C(C)O. The van der Waals surface area contributed by atoms with Gasteiger partial charge in [-0.25, -0.2) is 0 Å². The van der Waals surface area contributed by atoms with Crippen LogP contribution in [0.15, 0.2) is 0 Å². The van der Waals surface area contributed by atoms with Gasteiger partial charge in [-0.1, -0.05) is 0 Å². The Morgan fingerprint density at radius 1 is 1.00 bits per heavy atom. The van der Waals surface area contributed by atoms with E-state index in [1.165, 1.54) is 6.92 Å². The fraction of sp³-hybridized carbons (Fsp3) is 1.00. The Bertz CT molecular complexity index is 80.9. The van der Waals surface area contributed by atoms with Crippen molar-refractivity contribution in [2.45, 2.75) is 45.0 Å². The molecular weight excluding hydrogens is 132 g/mol. The predicted molar refractivity (Wildman–Crippen MR) is 38.6 cm³/mol. The van der Waals surface area contributed by atoms with Gasteiger partial charge in [0.25, 0.3) is 0 Å². The van der Waals surface area contributed by atoms with Crippen molar-refractivity contribution < 1.29 is 15.3 Å². The van der Waals surface area contributed by atoms with Crippen LogP contribution in [0.5, 0.6) is 0 Å². The van der Waals surface area contributed by atoms with Crippen molar-refractivity contribution in [3.05, 3.63) is 0 Å². The molecule has 0 spiro atoms. The van der Waals surface area contributed by atoms with Crippen molar-refractivity contribution in [3.8, 4) is 0 Å². The fourth-order valence-electron chi connectivity index (χ4n) is 0.653. The first-order valence-electron chi connectivity index (χ1n) is 3.58. The topological polar surface area (TPSA) is 60.7 Å². The third-order valence-electron chi connectivity index (χ3n) is 1.44. The molecule has 10 heavy (non-hydrogen) atoms. The van der Waals surface area contributed by atoms with Crippen molar-refractivity contribution in [1.82, 2.24) is 0 Å². The highest BCUT2D eigenvalue weighted by Crippen LogP contribution is 2.04. The summed E-state index contributed by atoms with van der Waals surface area (Å²) in [7, 11) is 0. The Morgan fingerprint density at radius 3 is 1.80 bits per heavy atom. The maximum atomic E-state index is 9.01. The number of hydrogen-bond donors (Lipinski definition) is 3. The second kappa shape index (κ2) is 4.66. The molecule has 0 bridgehead atoms. The molecule has 0 fully saturated rings. The van der Waals surface area contributed by atoms with Crippen LogP contribution in [-0.4, -0.2) is 33.6 Å². The highest BCUT2D eigenvalue weighted by atomic mass is 16.3. The molecule has 3 atom stereocenters. The van der Waals surface area contributed by atoms with Crippen molar-refractivity contribution in [3.63, 3.8) is 0 Å². The molecule has 0 saturated carbocycles. The second-order valence-electron chi connectivity index (χ2n) is 2.73. The molecule has 0 aliphatic rings. The summed E-state index contributed by atoms with van der Waals surface area (Å²) in [4.78, 5) is 0. The van der Waals surface area contributed by atoms with Crippen LogP contribution in [-0.2, 0) is 0 Å². The largest absolute Gasteiger partial charge is 0.393 e. The van der Waals surface area contributed by atoms with Gasteiger partial charge >= 0.3 is 0 Å². The molecule has 0 aromatic heterocycles. The summed E-state index contributed by atoms with van der Waals surface area (Å²) in [6.45, 7) is 3.20. The van der Waals surface area contributed by atoms with Gasteiger partial charge in [-0.05, 0) is 26.7 Å². The summed E-state index contributed by atoms with van der Waals surface area (Å²) >= 11 is 0. The lowest BCUT2D eigenvalue weighted by molar-refractivity contribution is 0.0175. The third-order valence-corrected chi connectivity index (χ3v) is 1.44. The normalized spacial score (nSPS) is 20.1. The van der Waals surface area contributed by atoms with Gasteiger partial charge in [0.05, 0.1) is 18.3 Å². The minimum atomic E-state index is -0.699. The molecule has 0 saturated heterocycles. The lowest BCUT2D eigenvalue weighted by Gasteiger charge is -2.13. The van der Waals surface area contributed by atoms with Gasteiger partial charge in [-0.2, -0.15) is 0 Å². The quantitative estimate of drug-likeness (QED) is 0.521. The van der Waals surface area contributed by atoms with Gasteiger partial charge in [0.15, 0.2) is 0 Å². The van der Waals surface area contributed by atoms with Gasteiger partial charge in [0.1, 0.15) is 0 Å². The molecule has 3 unspecified atom stereocenters. The summed E-state index contributed by atoms with van der Waals surface area (Å²) < 4.78 is 0. The van der Waals surface area contributed by atoms with E-state index in [-0.39, 0.29) is 0 Å². The van der Waals surface area contributed by atoms with E-state index in [2.05, 4.69) is 0 Å². The van der Waals surface area contributed by atoms with Gasteiger partial charge < -0.3 is 15.3 Å². The Hall–Kier alpha value is -0.120. The van der Waals surface area contributed by atoms with Crippen LogP contribution in [0.4, 0.5) is 0 Å². The van der Waals surface area contributed by atoms with Crippen LogP contribution < -0.4 is 0 Å². The van der Waals surface area contributed by atoms with E-state index in [1.807, 2.05) is 0 Å². The highest BCUT2D eigenvalue weighted by Gasteiger charge is 2.10. The zero-order valence-corrected chi connectivity index (χ0v) is 6.49. The lowest BCUT2D eigenvalue weighted by Crippen LogP contribution is -2.23. The molecule has 0 heterocycles. The molecule has 0 aromatic carbocycles. The number of hydrogen-bond acceptors (Lipinski definition) is 3. The van der Waals surface area contributed by atoms with Gasteiger partial charge in [-0.15, -0.1) is 0 Å². The Kier molecular flexibility index (Phi) is 4.60. The van der Waals surface area contributed by atoms with E-state index in [4.69, 9.17) is 15.3 Å². The predicted octanol–water partition coefficient (Wildman–Crippen LogP) is -0.111. The molecule has 0 rings (SSSR count). The average molecular weight is 148 g/mol. The van der Waals surface area contributed by atoms with E-state index in [0.717, 1.165) is 0 Å². The van der Waals surface area contributed by atoms with Crippen molar-refractivity contribution in [2.75, 3.05) is 0 Å². The summed E-state index contributed by atoms with van der Waals surface area (Å²) in [5.41, 5.74) is 0. The van der Waals surface area contributed by atoms with E-state index in [1.54, 1.807) is 6.92 Å². The minimum absolute atomic E-state index is 0.395. The molecule has 0 aromatic rings. The molecule has 0 radical (unpaired) electrons. The van der Waals surface area contributed by atoms with Gasteiger partial charge in [0.2, 0.25) is 0 Å². The summed E-state index contributed by atoms with van der Waals surface area (Å²) in [6.07, 6.45) is -0.803. The first kappa shape index (κ1) is 9.88. The van der Waals surface area contributed by atoms with Crippen molar-refractivity contribution >= 4 is 0 Å². The standard InChI is InChI=1S/C7H16O3/c1-5(8)3-4-7(10)6(2)9/h5-10H,3-4H2,1-2H3. The Labute approximate surface area is 61.3 Å². The van der Waals surface area contributed by atoms with Crippen LogP contribution in [0.25, 0.3) is 0 Å². The zero-order chi connectivity index (χ0) is 8.15. The number of rotatable bonds is 4. The van der Waals surface area contributed by atoms with E-state index in [9.17, 15) is 0 Å². The van der Waals surface area contributed by atoms with Crippen molar-refractivity contribution in [1.29, 1.82) is 0 Å². The monoisotopic (exact) mass is 148 g/mol. The zero-order valence-electron chi connectivity index (χ0n) is 6.49. The van der Waals surface area contributed by atoms with Crippen LogP contribution in [0, 0.1) is 0 Å². The number of aliphatic hydroxyl groups excluding tert-OH is 3. The molecule has 0 amide bonds. The highest BCUT2D eigenvalue weighted by molar-refractivity contribution is 4.62. The van der Waals surface area contributed by atoms with Crippen molar-refractivity contribution in [2.24, 2.45) is 0 Å². The van der Waals surface area contributed by atoms with Crippen LogP contribution in [0.2, 0.25) is 0 Å². The fourth-order valence-corrected chi connectivity index (χ4v) is 0.653. The molecule has 0 aliphatic heterocycles. The maximum absolute atomic E-state index is 9.01. The van der Waals surface area contributed by atoms with Gasteiger partial charge in [0, 0.05) is 0 Å². The summed E-state index contributed by atoms with van der Waals surface area (Å²) in [6, 6.07) is 0. The van der Waals surface area contributed by atoms with Crippen LogP contribution in [0.3, 0.4) is 0 Å². The molecule has 62 valence electrons. The maximum Gasteiger partial charge on any atom is 0.0797 e. The molecular formula is C7H16O3. The minimum Gasteiger partial charge on any atom is -0.393 e. The first-order chi connectivity index (χ1) is 4.54. The molecule has 3 heteroatoms. The lowest BCUT2D eigenvalue weighted by atomic mass is 10.1. The van der Waals surface area contributed by atoms with Crippen LogP contribution in [0.1, 0.15) is 26.7 Å². The third kappa shape index (κ3) is 4.73. The smallest absolute Gasteiger partial charge is 0.0797 e. The number of aliphatic hydroxyl groups is 3. The van der Waals surface area contributed by atoms with Gasteiger partial charge in [-0.3, -0.25) is 0 Å². The Morgan fingerprint density at radius 2 is 1.50 bits per heavy atom. The Balaban J connectivity index is 3.30. The average Bonchev–Trinajstić information content (AvgIpc) is 1.82. The molecule has 3 N–H and O–H groups in total. The van der Waals surface area contributed by atoms with E-state index in [0.29, 0.717) is 12.8 Å². The van der Waals surface area contributed by atoms with Crippen LogP contribution >= 0.6 is 0 Å². The van der Waals surface area contributed by atoms with E-state index < -0.39 is 18.3 Å².